The molecule has 0 spiro atoms. The molecular weight excluding hydrogens is 506 g/mol. The lowest BCUT2D eigenvalue weighted by Gasteiger charge is -2.33. The van der Waals surface area contributed by atoms with Gasteiger partial charge in [0.25, 0.3) is 0 Å². The lowest BCUT2D eigenvalue weighted by atomic mass is 9.83. The molecule has 0 fully saturated rings. The molecule has 0 N–H and O–H groups in total. The summed E-state index contributed by atoms with van der Waals surface area (Å²) in [5, 5.41) is 13.2. The number of nitriles is 1. The van der Waals surface area contributed by atoms with Gasteiger partial charge in [0, 0.05) is 53.8 Å². The lowest BCUT2D eigenvalue weighted by molar-refractivity contribution is -0.141. The molecule has 0 unspecified atom stereocenters. The Morgan fingerprint density at radius 1 is 1.32 bits per heavy atom. The van der Waals surface area contributed by atoms with Gasteiger partial charge in [-0.2, -0.15) is 23.5 Å². The first kappa shape index (κ1) is 26.6. The highest BCUT2D eigenvalue weighted by molar-refractivity contribution is 7.12. The molecule has 1 atom stereocenters. The van der Waals surface area contributed by atoms with Crippen molar-refractivity contribution in [1.82, 2.24) is 19.6 Å². The zero-order valence-electron chi connectivity index (χ0n) is 20.5. The number of carbonyl (C=O) groups is 1. The molecule has 194 valence electrons. The Bertz CT molecular complexity index is 1380. The van der Waals surface area contributed by atoms with E-state index in [0.29, 0.717) is 22.5 Å². The number of fused-ring (bicyclic) bond motifs is 1. The smallest absolute Gasteiger partial charge is 0.333 e. The number of aryl methyl sites for hydroxylation is 1. The molecule has 0 saturated heterocycles. The number of amides is 1. The van der Waals surface area contributed by atoms with Crippen LogP contribution >= 0.6 is 11.3 Å². The van der Waals surface area contributed by atoms with Crippen LogP contribution in [0.15, 0.2) is 42.6 Å². The molecule has 2 aromatic heterocycles. The summed E-state index contributed by atoms with van der Waals surface area (Å²) in [5.74, 6) is -1.72. The zero-order chi connectivity index (χ0) is 26.9. The minimum absolute atomic E-state index is 0.124. The third-order valence-corrected chi connectivity index (χ3v) is 7.19. The van der Waals surface area contributed by atoms with Gasteiger partial charge in [-0.05, 0) is 44.3 Å². The molecule has 3 heterocycles. The first-order chi connectivity index (χ1) is 17.5. The summed E-state index contributed by atoms with van der Waals surface area (Å²) in [4.78, 5) is 17.7. The van der Waals surface area contributed by atoms with Crippen LogP contribution in [0.1, 0.15) is 39.4 Å². The molecule has 0 aliphatic carbocycles. The molecule has 11 heteroatoms. The predicted octanol–water partition coefficient (Wildman–Crippen LogP) is 5.25. The summed E-state index contributed by atoms with van der Waals surface area (Å²) in [7, 11) is 3.74. The summed E-state index contributed by atoms with van der Waals surface area (Å²) in [6.45, 7) is 2.77. The molecule has 4 rings (SSSR count). The van der Waals surface area contributed by atoms with Crippen molar-refractivity contribution < 1.29 is 22.4 Å². The van der Waals surface area contributed by atoms with Gasteiger partial charge >= 0.3 is 6.18 Å². The first-order valence-electron chi connectivity index (χ1n) is 11.6. The maximum absolute atomic E-state index is 15.4. The highest BCUT2D eigenvalue weighted by Crippen LogP contribution is 2.45. The van der Waals surface area contributed by atoms with Crippen molar-refractivity contribution in [1.29, 1.82) is 5.26 Å². The molecule has 0 bridgehead atoms. The van der Waals surface area contributed by atoms with Crippen molar-refractivity contribution in [2.45, 2.75) is 32.1 Å². The van der Waals surface area contributed by atoms with Gasteiger partial charge in [-0.3, -0.25) is 9.48 Å². The number of aromatic nitrogens is 2. The summed E-state index contributed by atoms with van der Waals surface area (Å²) >= 11 is 1.23. The Labute approximate surface area is 216 Å². The van der Waals surface area contributed by atoms with Crippen molar-refractivity contribution in [3.63, 3.8) is 0 Å². The Morgan fingerprint density at radius 2 is 2.08 bits per heavy atom. The van der Waals surface area contributed by atoms with E-state index in [-0.39, 0.29) is 36.7 Å². The summed E-state index contributed by atoms with van der Waals surface area (Å²) in [6.07, 6.45) is -0.400. The standard InChI is InChI=1S/C26H25F4N5OS/c1-4-35-14-20(25(32-35)26(28,29)30)24-17(7-5-8-21(24)27)19-13-34(23(36)9-6-10-33(2)3)15-22-18(19)11-16(12-31)37-22/h5-9,11,14,19H,4,10,13,15H2,1-3H3/b9-6+/t19-/m0/s1. The second kappa shape index (κ2) is 10.5. The van der Waals surface area contributed by atoms with Crippen molar-refractivity contribution >= 4 is 17.2 Å². The number of benzene rings is 1. The van der Waals surface area contributed by atoms with Gasteiger partial charge in [-0.1, -0.05) is 18.2 Å². The van der Waals surface area contributed by atoms with E-state index in [1.165, 1.54) is 29.7 Å². The van der Waals surface area contributed by atoms with Gasteiger partial charge < -0.3 is 9.80 Å². The topological polar surface area (TPSA) is 65.2 Å². The predicted molar refractivity (Wildman–Crippen MR) is 132 cm³/mol. The van der Waals surface area contributed by atoms with Crippen LogP contribution in [0.3, 0.4) is 0 Å². The molecular formula is C26H25F4N5OS. The molecule has 0 saturated carbocycles. The van der Waals surface area contributed by atoms with Crippen LogP contribution in [0.4, 0.5) is 17.6 Å². The molecule has 6 nitrogen and oxygen atoms in total. The van der Waals surface area contributed by atoms with E-state index in [1.54, 1.807) is 30.0 Å². The van der Waals surface area contributed by atoms with Crippen molar-refractivity contribution in [3.05, 3.63) is 75.0 Å². The van der Waals surface area contributed by atoms with Crippen LogP contribution in [0.25, 0.3) is 11.1 Å². The normalized spacial score (nSPS) is 15.9. The van der Waals surface area contributed by atoms with Crippen LogP contribution in [-0.4, -0.2) is 52.7 Å². The van der Waals surface area contributed by atoms with E-state index in [9.17, 15) is 23.2 Å². The van der Waals surface area contributed by atoms with Gasteiger partial charge in [0.05, 0.1) is 6.54 Å². The average molecular weight is 532 g/mol. The van der Waals surface area contributed by atoms with Crippen molar-refractivity contribution in [2.24, 2.45) is 0 Å². The number of halogens is 4. The molecule has 1 aliphatic rings. The first-order valence-corrected chi connectivity index (χ1v) is 12.4. The zero-order valence-corrected chi connectivity index (χ0v) is 21.3. The fraction of sp³-hybridized carbons (Fsp3) is 0.346. The maximum atomic E-state index is 15.4. The summed E-state index contributed by atoms with van der Waals surface area (Å²) in [5.41, 5.74) is -0.702. The van der Waals surface area contributed by atoms with E-state index in [2.05, 4.69) is 11.2 Å². The van der Waals surface area contributed by atoms with Gasteiger partial charge in [0.1, 0.15) is 16.8 Å². The van der Waals surface area contributed by atoms with Crippen LogP contribution in [0.2, 0.25) is 0 Å². The van der Waals surface area contributed by atoms with Gasteiger partial charge in [0.15, 0.2) is 5.69 Å². The number of alkyl halides is 3. The lowest BCUT2D eigenvalue weighted by Crippen LogP contribution is -2.37. The fourth-order valence-electron chi connectivity index (χ4n) is 4.47. The van der Waals surface area contributed by atoms with Crippen LogP contribution in [-0.2, 0) is 24.1 Å². The Balaban J connectivity index is 1.86. The molecule has 37 heavy (non-hydrogen) atoms. The van der Waals surface area contributed by atoms with E-state index in [0.717, 1.165) is 15.6 Å². The monoisotopic (exact) mass is 531 g/mol. The van der Waals surface area contributed by atoms with E-state index in [4.69, 9.17) is 0 Å². The largest absolute Gasteiger partial charge is 0.435 e. The number of rotatable bonds is 6. The van der Waals surface area contributed by atoms with Crippen LogP contribution in [0.5, 0.6) is 0 Å². The van der Waals surface area contributed by atoms with E-state index in [1.807, 2.05) is 19.0 Å². The van der Waals surface area contributed by atoms with Crippen LogP contribution < -0.4 is 0 Å². The fourth-order valence-corrected chi connectivity index (χ4v) is 5.50. The van der Waals surface area contributed by atoms with E-state index >= 15 is 4.39 Å². The van der Waals surface area contributed by atoms with Crippen molar-refractivity contribution in [2.75, 3.05) is 27.2 Å². The van der Waals surface area contributed by atoms with Gasteiger partial charge in [-0.25, -0.2) is 4.39 Å². The Morgan fingerprint density at radius 3 is 2.73 bits per heavy atom. The van der Waals surface area contributed by atoms with Crippen molar-refractivity contribution in [3.8, 4) is 17.2 Å². The highest BCUT2D eigenvalue weighted by atomic mass is 32.1. The second-order valence-electron chi connectivity index (χ2n) is 8.99. The number of carbonyl (C=O) groups excluding carboxylic acids is 1. The second-order valence-corrected chi connectivity index (χ2v) is 10.1. The minimum atomic E-state index is -4.79. The third kappa shape index (κ3) is 5.45. The third-order valence-electron chi connectivity index (χ3n) is 6.15. The maximum Gasteiger partial charge on any atom is 0.435 e. The number of hydrogen-bond acceptors (Lipinski definition) is 5. The Kier molecular flexibility index (Phi) is 7.52. The SMILES string of the molecule is CCn1cc(-c2c(F)cccc2[C@@H]2CN(C(=O)/C=C/CN(C)C)Cc3sc(C#N)cc32)c(C(F)(F)F)n1. The number of thiophene rings is 1. The van der Waals surface area contributed by atoms with Gasteiger partial charge in [-0.15, -0.1) is 11.3 Å². The number of nitrogens with zero attached hydrogens (tertiary/aromatic N) is 5. The summed E-state index contributed by atoms with van der Waals surface area (Å²) < 4.78 is 58.3. The molecule has 1 aliphatic heterocycles. The summed E-state index contributed by atoms with van der Waals surface area (Å²) in [6, 6.07) is 7.93. The molecule has 1 amide bonds. The van der Waals surface area contributed by atoms with Gasteiger partial charge in [0.2, 0.25) is 5.91 Å². The number of likely N-dealkylation sites (N-methyl/N-ethyl adjacent to an activating group) is 1. The van der Waals surface area contributed by atoms with E-state index < -0.39 is 23.6 Å². The quantitative estimate of drug-likeness (QED) is 0.322. The molecule has 1 aromatic carbocycles. The van der Waals surface area contributed by atoms with Crippen LogP contribution in [0, 0.1) is 17.1 Å². The molecule has 0 radical (unpaired) electrons. The Hall–Kier alpha value is -3.49. The highest BCUT2D eigenvalue weighted by Gasteiger charge is 2.40. The average Bonchev–Trinajstić information content (AvgIpc) is 3.47. The minimum Gasteiger partial charge on any atom is -0.333 e. The molecule has 3 aromatic rings. The number of hydrogen-bond donors (Lipinski definition) is 0.